The average Bonchev–Trinajstić information content (AvgIpc) is 2.77. The van der Waals surface area contributed by atoms with E-state index < -0.39 is 74.6 Å². The highest BCUT2D eigenvalue weighted by Gasteiger charge is 2.50. The van der Waals surface area contributed by atoms with Crippen LogP contribution in [0.25, 0.3) is 0 Å². The predicted molar refractivity (Wildman–Crippen MR) is 97.6 cm³/mol. The van der Waals surface area contributed by atoms with E-state index in [-0.39, 0.29) is 6.61 Å². The minimum absolute atomic E-state index is 0.0890. The van der Waals surface area contributed by atoms with Crippen LogP contribution >= 0.6 is 0 Å². The Morgan fingerprint density at radius 1 is 0.700 bits per heavy atom. The quantitative estimate of drug-likeness (QED) is 0.231. The maximum absolute atomic E-state index is 10.5. The highest BCUT2D eigenvalue weighted by atomic mass is 16.7. The number of hydrogen-bond donors (Lipinski definition) is 7. The summed E-state index contributed by atoms with van der Waals surface area (Å²) >= 11 is 0. The summed E-state index contributed by atoms with van der Waals surface area (Å²) < 4.78 is 21.8. The molecule has 2 aliphatic heterocycles. The molecule has 170 valence electrons. The third-order valence-electron chi connectivity index (χ3n) is 5.22. The van der Waals surface area contributed by atoms with Crippen LogP contribution in [0.3, 0.4) is 0 Å². The summed E-state index contributed by atoms with van der Waals surface area (Å²) in [6.07, 6.45) is -14.7. The topological polar surface area (TPSA) is 179 Å². The van der Waals surface area contributed by atoms with Crippen molar-refractivity contribution < 1.29 is 54.7 Å². The van der Waals surface area contributed by atoms with Gasteiger partial charge in [0, 0.05) is 0 Å². The van der Waals surface area contributed by atoms with Gasteiger partial charge in [0.1, 0.15) is 48.8 Å². The van der Waals surface area contributed by atoms with E-state index in [1.807, 2.05) is 18.2 Å². The molecule has 2 aliphatic rings. The standard InChI is InChI=1S/C19H28O11/c20-6-10-12(22)13(23)15(25)19(28-10)30-17-11(7-21)29-18(16(26)14(17)24)27-8-9-4-2-1-3-5-9/h1-5,10-26H,6-8H2/t10-,11-,12+,13+,14-,15-,16-,17-,18?,19+/m1/s1. The first kappa shape index (κ1) is 23.4. The molecule has 2 fully saturated rings. The highest BCUT2D eigenvalue weighted by molar-refractivity contribution is 5.13. The van der Waals surface area contributed by atoms with Crippen molar-refractivity contribution in [2.75, 3.05) is 13.2 Å². The van der Waals surface area contributed by atoms with Gasteiger partial charge in [0.25, 0.3) is 0 Å². The van der Waals surface area contributed by atoms with E-state index in [4.69, 9.17) is 18.9 Å². The first-order valence-electron chi connectivity index (χ1n) is 9.61. The Labute approximate surface area is 172 Å². The summed E-state index contributed by atoms with van der Waals surface area (Å²) in [6, 6.07) is 9.07. The van der Waals surface area contributed by atoms with Crippen LogP contribution in [0.5, 0.6) is 0 Å². The largest absolute Gasteiger partial charge is 0.394 e. The Balaban J connectivity index is 1.66. The van der Waals surface area contributed by atoms with Gasteiger partial charge in [-0.2, -0.15) is 0 Å². The van der Waals surface area contributed by atoms with Crippen LogP contribution in [0.4, 0.5) is 0 Å². The average molecular weight is 432 g/mol. The fourth-order valence-corrected chi connectivity index (χ4v) is 3.45. The van der Waals surface area contributed by atoms with Gasteiger partial charge >= 0.3 is 0 Å². The van der Waals surface area contributed by atoms with Gasteiger partial charge in [-0.05, 0) is 5.56 Å². The Hall–Kier alpha value is -1.22. The van der Waals surface area contributed by atoms with Crippen LogP contribution in [-0.4, -0.2) is 110 Å². The van der Waals surface area contributed by atoms with E-state index in [2.05, 4.69) is 0 Å². The van der Waals surface area contributed by atoms with Crippen molar-refractivity contribution in [2.45, 2.75) is 68.0 Å². The molecule has 2 saturated heterocycles. The molecule has 0 saturated carbocycles. The Morgan fingerprint density at radius 2 is 1.30 bits per heavy atom. The number of aliphatic hydroxyl groups excluding tert-OH is 7. The third-order valence-corrected chi connectivity index (χ3v) is 5.22. The second kappa shape index (κ2) is 10.4. The van der Waals surface area contributed by atoms with Crippen molar-refractivity contribution in [2.24, 2.45) is 0 Å². The lowest BCUT2D eigenvalue weighted by Crippen LogP contribution is -2.64. The van der Waals surface area contributed by atoms with Crippen molar-refractivity contribution in [1.29, 1.82) is 0 Å². The van der Waals surface area contributed by atoms with Crippen molar-refractivity contribution in [3.63, 3.8) is 0 Å². The summed E-state index contributed by atoms with van der Waals surface area (Å²) in [4.78, 5) is 0. The molecule has 3 rings (SSSR count). The van der Waals surface area contributed by atoms with E-state index in [1.165, 1.54) is 0 Å². The molecular formula is C19H28O11. The van der Waals surface area contributed by atoms with E-state index in [0.717, 1.165) is 5.56 Å². The van der Waals surface area contributed by atoms with E-state index in [1.54, 1.807) is 12.1 Å². The van der Waals surface area contributed by atoms with Crippen LogP contribution in [0.2, 0.25) is 0 Å². The molecule has 11 heteroatoms. The summed E-state index contributed by atoms with van der Waals surface area (Å²) in [6.45, 7) is -1.18. The first-order chi connectivity index (χ1) is 14.4. The fraction of sp³-hybridized carbons (Fsp3) is 0.684. The lowest BCUT2D eigenvalue weighted by atomic mass is 9.97. The van der Waals surface area contributed by atoms with Gasteiger partial charge in [-0.25, -0.2) is 0 Å². The molecule has 0 aromatic heterocycles. The lowest BCUT2D eigenvalue weighted by Gasteiger charge is -2.45. The first-order valence-corrected chi connectivity index (χ1v) is 9.61. The number of aliphatic hydroxyl groups is 7. The van der Waals surface area contributed by atoms with E-state index >= 15 is 0 Å². The van der Waals surface area contributed by atoms with Gasteiger partial charge in [0.05, 0.1) is 19.8 Å². The predicted octanol–water partition coefficient (Wildman–Crippen LogP) is -3.17. The molecule has 0 radical (unpaired) electrons. The molecule has 0 bridgehead atoms. The monoisotopic (exact) mass is 432 g/mol. The molecule has 0 spiro atoms. The summed E-state index contributed by atoms with van der Waals surface area (Å²) in [5.41, 5.74) is 0.808. The molecule has 11 nitrogen and oxygen atoms in total. The number of benzene rings is 1. The van der Waals surface area contributed by atoms with Gasteiger partial charge in [0.2, 0.25) is 0 Å². The van der Waals surface area contributed by atoms with E-state index in [9.17, 15) is 35.7 Å². The van der Waals surface area contributed by atoms with Crippen molar-refractivity contribution >= 4 is 0 Å². The maximum Gasteiger partial charge on any atom is 0.187 e. The maximum atomic E-state index is 10.5. The molecule has 1 unspecified atom stereocenters. The molecular weight excluding hydrogens is 404 g/mol. The van der Waals surface area contributed by atoms with Gasteiger partial charge in [-0.1, -0.05) is 30.3 Å². The SMILES string of the molecule is OC[C@H]1O[C@@H](O[C@H]2[C@H](O)[C@@H](O)C(OCc3ccccc3)O[C@@H]2CO)[C@H](O)[C@@H](O)[C@H]1O. The molecule has 10 atom stereocenters. The minimum Gasteiger partial charge on any atom is -0.394 e. The lowest BCUT2D eigenvalue weighted by molar-refractivity contribution is -0.360. The molecule has 1 aromatic rings. The number of ether oxygens (including phenoxy) is 4. The van der Waals surface area contributed by atoms with Crippen LogP contribution in [-0.2, 0) is 25.6 Å². The summed E-state index contributed by atoms with van der Waals surface area (Å²) in [5, 5.41) is 69.7. The molecule has 7 N–H and O–H groups in total. The van der Waals surface area contributed by atoms with Gasteiger partial charge < -0.3 is 54.7 Å². The third kappa shape index (κ3) is 4.98. The van der Waals surface area contributed by atoms with Crippen molar-refractivity contribution in [1.82, 2.24) is 0 Å². The minimum atomic E-state index is -1.71. The van der Waals surface area contributed by atoms with Crippen molar-refractivity contribution in [3.05, 3.63) is 35.9 Å². The molecule has 1 aromatic carbocycles. The zero-order chi connectivity index (χ0) is 21.8. The van der Waals surface area contributed by atoms with Crippen LogP contribution in [0.1, 0.15) is 5.56 Å². The summed E-state index contributed by atoms with van der Waals surface area (Å²) in [5.74, 6) is 0. The highest BCUT2D eigenvalue weighted by Crippen LogP contribution is 2.29. The van der Waals surface area contributed by atoms with Crippen LogP contribution < -0.4 is 0 Å². The molecule has 2 heterocycles. The summed E-state index contributed by atoms with van der Waals surface area (Å²) in [7, 11) is 0. The smallest absolute Gasteiger partial charge is 0.187 e. The van der Waals surface area contributed by atoms with E-state index in [0.29, 0.717) is 0 Å². The number of rotatable bonds is 7. The molecule has 0 aliphatic carbocycles. The fourth-order valence-electron chi connectivity index (χ4n) is 3.45. The second-order valence-electron chi connectivity index (χ2n) is 7.30. The molecule has 30 heavy (non-hydrogen) atoms. The molecule has 0 amide bonds. The van der Waals surface area contributed by atoms with Gasteiger partial charge in [-0.15, -0.1) is 0 Å². The Kier molecular flexibility index (Phi) is 8.12. The van der Waals surface area contributed by atoms with Gasteiger partial charge in [-0.3, -0.25) is 0 Å². The normalized spacial score (nSPS) is 42.2. The van der Waals surface area contributed by atoms with Crippen molar-refractivity contribution in [3.8, 4) is 0 Å². The Morgan fingerprint density at radius 3 is 1.93 bits per heavy atom. The zero-order valence-corrected chi connectivity index (χ0v) is 16.0. The Bertz CT molecular complexity index is 643. The van der Waals surface area contributed by atoms with Crippen LogP contribution in [0.15, 0.2) is 30.3 Å². The van der Waals surface area contributed by atoms with Crippen LogP contribution in [0, 0.1) is 0 Å². The number of hydrogen-bond acceptors (Lipinski definition) is 11. The van der Waals surface area contributed by atoms with Gasteiger partial charge in [0.15, 0.2) is 12.6 Å². The second-order valence-corrected chi connectivity index (χ2v) is 7.30. The zero-order valence-electron chi connectivity index (χ0n) is 16.0.